The quantitative estimate of drug-likeness (QED) is 0.416. The summed E-state index contributed by atoms with van der Waals surface area (Å²) < 4.78 is 26.9. The van der Waals surface area contributed by atoms with Crippen LogP contribution in [0.3, 0.4) is 0 Å². The Bertz CT molecular complexity index is 548. The van der Waals surface area contributed by atoms with E-state index in [4.69, 9.17) is 11.7 Å². The van der Waals surface area contributed by atoms with E-state index in [0.717, 1.165) is 12.1 Å². The fraction of sp³-hybridized carbons (Fsp3) is 0. The van der Waals surface area contributed by atoms with E-state index in [9.17, 15) is 8.78 Å². The zero-order chi connectivity index (χ0) is 13.8. The Morgan fingerprint density at radius 1 is 0.947 bits per heavy atom. The van der Waals surface area contributed by atoms with Gasteiger partial charge in [-0.2, -0.15) is 9.97 Å². The molecule has 9 heteroatoms. The lowest BCUT2D eigenvalue weighted by Crippen LogP contribution is -2.14. The maximum Gasteiger partial charge on any atom is 0.231 e. The largest absolute Gasteiger partial charge is 0.319 e. The molecule has 2 aromatic rings. The zero-order valence-electron chi connectivity index (χ0n) is 9.61. The highest BCUT2D eigenvalue weighted by Gasteiger charge is 2.11. The molecule has 0 radical (unpaired) electrons. The van der Waals surface area contributed by atoms with Crippen LogP contribution < -0.4 is 27.9 Å². The van der Waals surface area contributed by atoms with E-state index in [1.54, 1.807) is 0 Å². The molecule has 7 nitrogen and oxygen atoms in total. The number of nitrogens with zero attached hydrogens (tertiary/aromatic N) is 2. The number of hydrogen-bond acceptors (Lipinski definition) is 7. The third-order valence-electron chi connectivity index (χ3n) is 2.22. The van der Waals surface area contributed by atoms with Gasteiger partial charge < -0.3 is 16.2 Å². The minimum atomic E-state index is -0.767. The first-order valence-electron chi connectivity index (χ1n) is 5.17. The highest BCUT2D eigenvalue weighted by Crippen LogP contribution is 2.22. The van der Waals surface area contributed by atoms with Crippen LogP contribution in [-0.4, -0.2) is 9.97 Å². The summed E-state index contributed by atoms with van der Waals surface area (Å²) in [4.78, 5) is 7.78. The van der Waals surface area contributed by atoms with Gasteiger partial charge in [0, 0.05) is 6.07 Å². The number of nitrogens with one attached hydrogen (secondary N) is 3. The normalized spacial score (nSPS) is 10.1. The summed E-state index contributed by atoms with van der Waals surface area (Å²) in [5.41, 5.74) is 4.20. The molecule has 0 saturated heterocycles. The SMILES string of the molecule is NNc1cc(NN)nc(Nc2c(F)cccc2F)n1. The lowest BCUT2D eigenvalue weighted by Gasteiger charge is -2.10. The summed E-state index contributed by atoms with van der Waals surface area (Å²) in [6.45, 7) is 0. The molecular formula is C10H11F2N7. The molecule has 0 unspecified atom stereocenters. The van der Waals surface area contributed by atoms with Crippen LogP contribution in [0.2, 0.25) is 0 Å². The minimum Gasteiger partial charge on any atom is -0.319 e. The summed E-state index contributed by atoms with van der Waals surface area (Å²) in [7, 11) is 0. The van der Waals surface area contributed by atoms with Crippen LogP contribution in [0.25, 0.3) is 0 Å². The summed E-state index contributed by atoms with van der Waals surface area (Å²) in [6, 6.07) is 4.89. The summed E-state index contributed by atoms with van der Waals surface area (Å²) >= 11 is 0. The van der Waals surface area contributed by atoms with Crippen molar-refractivity contribution in [3.8, 4) is 0 Å². The van der Waals surface area contributed by atoms with Crippen molar-refractivity contribution >= 4 is 23.3 Å². The van der Waals surface area contributed by atoms with Crippen LogP contribution >= 0.6 is 0 Å². The van der Waals surface area contributed by atoms with Crippen LogP contribution in [0.4, 0.5) is 32.1 Å². The molecule has 19 heavy (non-hydrogen) atoms. The van der Waals surface area contributed by atoms with Crippen LogP contribution in [-0.2, 0) is 0 Å². The average Bonchev–Trinajstić information content (AvgIpc) is 2.42. The molecule has 1 aromatic heterocycles. The smallest absolute Gasteiger partial charge is 0.231 e. The Labute approximate surface area is 107 Å². The molecular weight excluding hydrogens is 256 g/mol. The first-order valence-corrected chi connectivity index (χ1v) is 5.17. The first-order chi connectivity index (χ1) is 9.13. The highest BCUT2D eigenvalue weighted by molar-refractivity contribution is 5.59. The molecule has 0 amide bonds. The molecule has 0 spiro atoms. The van der Waals surface area contributed by atoms with Crippen molar-refractivity contribution in [2.45, 2.75) is 0 Å². The van der Waals surface area contributed by atoms with Gasteiger partial charge in [-0.3, -0.25) is 0 Å². The van der Waals surface area contributed by atoms with Crippen molar-refractivity contribution in [3.63, 3.8) is 0 Å². The topological polar surface area (TPSA) is 114 Å². The van der Waals surface area contributed by atoms with Gasteiger partial charge in [-0.25, -0.2) is 20.5 Å². The fourth-order valence-corrected chi connectivity index (χ4v) is 1.38. The molecule has 100 valence electrons. The van der Waals surface area contributed by atoms with E-state index in [-0.39, 0.29) is 23.3 Å². The maximum atomic E-state index is 13.5. The van der Waals surface area contributed by atoms with E-state index in [1.165, 1.54) is 12.1 Å². The van der Waals surface area contributed by atoms with E-state index >= 15 is 0 Å². The van der Waals surface area contributed by atoms with Crippen LogP contribution in [0.15, 0.2) is 24.3 Å². The molecule has 0 saturated carbocycles. The van der Waals surface area contributed by atoms with Gasteiger partial charge in [0.15, 0.2) is 0 Å². The van der Waals surface area contributed by atoms with Crippen molar-refractivity contribution in [2.24, 2.45) is 11.7 Å². The Kier molecular flexibility index (Phi) is 3.68. The minimum absolute atomic E-state index is 0.0626. The van der Waals surface area contributed by atoms with Gasteiger partial charge in [0.1, 0.15) is 29.0 Å². The second-order valence-corrected chi connectivity index (χ2v) is 3.47. The van der Waals surface area contributed by atoms with E-state index in [1.807, 2.05) is 0 Å². The van der Waals surface area contributed by atoms with E-state index in [0.29, 0.717) is 0 Å². The number of para-hydroxylation sites is 1. The highest BCUT2D eigenvalue weighted by atomic mass is 19.1. The molecule has 0 aliphatic rings. The van der Waals surface area contributed by atoms with Crippen LogP contribution in [0.5, 0.6) is 0 Å². The van der Waals surface area contributed by atoms with Crippen molar-refractivity contribution in [3.05, 3.63) is 35.9 Å². The lowest BCUT2D eigenvalue weighted by molar-refractivity contribution is 0.590. The second-order valence-electron chi connectivity index (χ2n) is 3.47. The molecule has 7 N–H and O–H groups in total. The second kappa shape index (κ2) is 5.42. The Balaban J connectivity index is 2.37. The molecule has 0 atom stereocenters. The number of halogens is 2. The van der Waals surface area contributed by atoms with E-state index < -0.39 is 11.6 Å². The number of nitrogens with two attached hydrogens (primary N) is 2. The van der Waals surface area contributed by atoms with Gasteiger partial charge in [0.25, 0.3) is 0 Å². The number of benzene rings is 1. The van der Waals surface area contributed by atoms with Gasteiger partial charge in [-0.1, -0.05) is 6.07 Å². The summed E-state index contributed by atoms with van der Waals surface area (Å²) in [6.07, 6.45) is 0. The van der Waals surface area contributed by atoms with Crippen molar-refractivity contribution in [1.29, 1.82) is 0 Å². The number of aromatic nitrogens is 2. The van der Waals surface area contributed by atoms with Gasteiger partial charge in [-0.15, -0.1) is 0 Å². The molecule has 1 heterocycles. The first kappa shape index (κ1) is 12.9. The molecule has 0 fully saturated rings. The fourth-order valence-electron chi connectivity index (χ4n) is 1.38. The van der Waals surface area contributed by atoms with E-state index in [2.05, 4.69) is 26.1 Å². The average molecular weight is 267 g/mol. The molecule has 0 bridgehead atoms. The molecule has 0 aliphatic heterocycles. The number of anilines is 4. The molecule has 1 aromatic carbocycles. The van der Waals surface area contributed by atoms with Crippen LogP contribution in [0, 0.1) is 11.6 Å². The molecule has 0 aliphatic carbocycles. The van der Waals surface area contributed by atoms with Crippen LogP contribution in [0.1, 0.15) is 0 Å². The van der Waals surface area contributed by atoms with Gasteiger partial charge in [-0.05, 0) is 12.1 Å². The lowest BCUT2D eigenvalue weighted by atomic mass is 10.3. The Morgan fingerprint density at radius 2 is 1.47 bits per heavy atom. The van der Waals surface area contributed by atoms with Gasteiger partial charge in [0.2, 0.25) is 5.95 Å². The maximum absolute atomic E-state index is 13.5. The molecule has 2 rings (SSSR count). The summed E-state index contributed by atoms with van der Waals surface area (Å²) in [5, 5.41) is 2.43. The summed E-state index contributed by atoms with van der Waals surface area (Å²) in [5.74, 6) is 9.27. The van der Waals surface area contributed by atoms with Crippen molar-refractivity contribution in [1.82, 2.24) is 9.97 Å². The standard InChI is InChI=1S/C10H11F2N7/c11-5-2-1-3-6(12)9(5)17-10-15-7(18-13)4-8(16-10)19-14/h1-4H,13-14H2,(H3,15,16,17,18,19). The van der Waals surface area contributed by atoms with Gasteiger partial charge >= 0.3 is 0 Å². The van der Waals surface area contributed by atoms with Gasteiger partial charge in [0.05, 0.1) is 0 Å². The zero-order valence-corrected chi connectivity index (χ0v) is 9.61. The monoisotopic (exact) mass is 267 g/mol. The number of nitrogen functional groups attached to an aromatic ring is 2. The predicted octanol–water partition coefficient (Wildman–Crippen LogP) is 1.07. The number of hydrogen-bond donors (Lipinski definition) is 5. The Morgan fingerprint density at radius 3 is 1.95 bits per heavy atom. The third-order valence-corrected chi connectivity index (χ3v) is 2.22. The van der Waals surface area contributed by atoms with Crippen molar-refractivity contribution in [2.75, 3.05) is 16.2 Å². The Hall–Kier alpha value is -2.52. The van der Waals surface area contributed by atoms with Crippen molar-refractivity contribution < 1.29 is 8.78 Å². The third kappa shape index (κ3) is 2.84. The predicted molar refractivity (Wildman–Crippen MR) is 67.3 cm³/mol. The number of hydrazine groups is 2. The number of rotatable bonds is 4.